The number of benzene rings is 2. The van der Waals surface area contributed by atoms with Crippen LogP contribution in [0.4, 0.5) is 15.9 Å². The Balaban J connectivity index is 1.23. The molecule has 1 aromatic heterocycles. The lowest BCUT2D eigenvalue weighted by Gasteiger charge is -2.35. The van der Waals surface area contributed by atoms with Crippen LogP contribution in [0.1, 0.15) is 43.4 Å². The summed E-state index contributed by atoms with van der Waals surface area (Å²) in [4.78, 5) is 31.1. The first kappa shape index (κ1) is 30.7. The smallest absolute Gasteiger partial charge is 0.318 e. The van der Waals surface area contributed by atoms with Gasteiger partial charge in [0.1, 0.15) is 18.6 Å². The van der Waals surface area contributed by atoms with Crippen LogP contribution in [-0.2, 0) is 17.8 Å². The number of aromatic nitrogens is 2. The molecule has 2 aromatic carbocycles. The predicted molar refractivity (Wildman–Crippen MR) is 177 cm³/mol. The molecule has 240 valence electrons. The van der Waals surface area contributed by atoms with Gasteiger partial charge in [-0.1, -0.05) is 42.4 Å². The molecular formula is C35H39ClFN7O2. The zero-order valence-electron chi connectivity index (χ0n) is 26.2. The molecule has 4 aliphatic rings. The Labute approximate surface area is 274 Å². The molecule has 46 heavy (non-hydrogen) atoms. The van der Waals surface area contributed by atoms with Crippen LogP contribution in [0.2, 0.25) is 5.02 Å². The van der Waals surface area contributed by atoms with Gasteiger partial charge >= 0.3 is 6.01 Å². The number of nitrogens with zero attached hydrogens (tertiary/aromatic N) is 7. The number of carbonyl (C=O) groups is 1. The Morgan fingerprint density at radius 1 is 1.26 bits per heavy atom. The van der Waals surface area contributed by atoms with Gasteiger partial charge in [0.25, 0.3) is 0 Å². The largest absolute Gasteiger partial charge is 0.461 e. The second-order valence-corrected chi connectivity index (χ2v) is 13.5. The molecule has 4 aliphatic heterocycles. The minimum atomic E-state index is -0.846. The number of alkyl halides is 1. The number of likely N-dealkylation sites (tertiary alicyclic amines) is 1. The second-order valence-electron chi connectivity index (χ2n) is 13.1. The van der Waals surface area contributed by atoms with Crippen LogP contribution in [0.3, 0.4) is 0 Å². The van der Waals surface area contributed by atoms with Gasteiger partial charge in [-0.2, -0.15) is 15.2 Å². The van der Waals surface area contributed by atoms with Crippen molar-refractivity contribution in [3.63, 3.8) is 0 Å². The number of hydrogen-bond acceptors (Lipinski definition) is 8. The number of likely N-dealkylation sites (N-methyl/N-ethyl adjacent to an activating group) is 1. The number of carbonyl (C=O) groups excluding carboxylic acids is 1. The Morgan fingerprint density at radius 3 is 2.89 bits per heavy atom. The lowest BCUT2D eigenvalue weighted by atomic mass is 9.95. The summed E-state index contributed by atoms with van der Waals surface area (Å²) in [7, 11) is 2.00. The zero-order chi connectivity index (χ0) is 32.0. The first-order valence-electron chi connectivity index (χ1n) is 16.2. The summed E-state index contributed by atoms with van der Waals surface area (Å²) in [5.41, 5.74) is 2.66. The van der Waals surface area contributed by atoms with Gasteiger partial charge in [0.15, 0.2) is 0 Å². The van der Waals surface area contributed by atoms with Crippen molar-refractivity contribution in [3.05, 3.63) is 65.3 Å². The van der Waals surface area contributed by atoms with E-state index >= 15 is 0 Å². The van der Waals surface area contributed by atoms with E-state index in [-0.39, 0.29) is 36.0 Å². The molecular weight excluding hydrogens is 605 g/mol. The van der Waals surface area contributed by atoms with E-state index in [1.54, 1.807) is 4.90 Å². The molecule has 1 amide bonds. The number of fused-ring (bicyclic) bond motifs is 3. The highest BCUT2D eigenvalue weighted by atomic mass is 35.5. The van der Waals surface area contributed by atoms with E-state index in [1.165, 1.54) is 6.08 Å². The van der Waals surface area contributed by atoms with Crippen LogP contribution < -0.4 is 14.5 Å². The van der Waals surface area contributed by atoms with Gasteiger partial charge in [-0.3, -0.25) is 9.69 Å². The van der Waals surface area contributed by atoms with Crippen LogP contribution >= 0.6 is 11.6 Å². The fraction of sp³-hybridized carbons (Fsp3) is 0.486. The third kappa shape index (κ3) is 5.43. The monoisotopic (exact) mass is 643 g/mol. The van der Waals surface area contributed by atoms with Crippen molar-refractivity contribution in [2.45, 2.75) is 68.9 Å². The number of ether oxygens (including phenoxy) is 1. The fourth-order valence-electron chi connectivity index (χ4n) is 8.17. The van der Waals surface area contributed by atoms with Gasteiger partial charge in [0.05, 0.1) is 35.3 Å². The summed E-state index contributed by atoms with van der Waals surface area (Å²) in [6.45, 7) is 7.12. The molecule has 0 bridgehead atoms. The molecule has 0 unspecified atom stereocenters. The molecule has 9 nitrogen and oxygen atoms in total. The van der Waals surface area contributed by atoms with Crippen molar-refractivity contribution >= 4 is 39.8 Å². The van der Waals surface area contributed by atoms with Crippen molar-refractivity contribution in [1.29, 1.82) is 5.26 Å². The maximum absolute atomic E-state index is 14.5. The van der Waals surface area contributed by atoms with Gasteiger partial charge in [-0.15, -0.1) is 0 Å². The van der Waals surface area contributed by atoms with Crippen molar-refractivity contribution in [2.75, 3.05) is 49.6 Å². The van der Waals surface area contributed by atoms with Crippen molar-refractivity contribution in [1.82, 2.24) is 19.8 Å². The Morgan fingerprint density at radius 2 is 2.09 bits per heavy atom. The third-order valence-corrected chi connectivity index (χ3v) is 10.8. The molecule has 0 saturated carbocycles. The number of nitriles is 1. The molecule has 3 saturated heterocycles. The standard InChI is InChI=1S/C35H39ClFN7O2/c1-3-31(45)44-20-26(17-25(44)11-14-38)41(2)33-27-12-16-42(30-10-5-8-23-7-4-9-28(36)32(23)30)21-29(27)39-34(40-33)46-22-35-13-6-15-43(35)19-24(37)18-35/h3-5,7-10,24-26H,1,6,11-13,15-22H2,2H3/t24-,25-,26-,35+/m1/s1. The summed E-state index contributed by atoms with van der Waals surface area (Å²) < 4.78 is 20.9. The van der Waals surface area contributed by atoms with Crippen molar-refractivity contribution < 1.29 is 13.9 Å². The Kier molecular flexibility index (Phi) is 8.24. The van der Waals surface area contributed by atoms with E-state index < -0.39 is 6.17 Å². The maximum atomic E-state index is 14.5. The maximum Gasteiger partial charge on any atom is 0.318 e. The lowest BCUT2D eigenvalue weighted by molar-refractivity contribution is -0.126. The molecule has 3 fully saturated rings. The van der Waals surface area contributed by atoms with Crippen LogP contribution in [0.25, 0.3) is 10.8 Å². The molecule has 3 aromatic rings. The van der Waals surface area contributed by atoms with Gasteiger partial charge in [-0.05, 0) is 55.8 Å². The molecule has 5 heterocycles. The van der Waals surface area contributed by atoms with E-state index in [9.17, 15) is 14.4 Å². The first-order valence-corrected chi connectivity index (χ1v) is 16.5. The SMILES string of the molecule is C=CC(=O)N1C[C@H](N(C)c2nc(OC[C@@]34CCCN3C[C@H](F)C4)nc3c2CCN(c2cccc4cccc(Cl)c24)C3)C[C@H]1CC#N. The first-order chi connectivity index (χ1) is 22.3. The highest BCUT2D eigenvalue weighted by molar-refractivity contribution is 6.36. The van der Waals surface area contributed by atoms with E-state index in [4.69, 9.17) is 26.3 Å². The van der Waals surface area contributed by atoms with Crippen molar-refractivity contribution in [3.8, 4) is 12.1 Å². The topological polar surface area (TPSA) is 88.8 Å². The number of halogens is 2. The van der Waals surface area contributed by atoms with Crippen LogP contribution in [0.15, 0.2) is 49.1 Å². The summed E-state index contributed by atoms with van der Waals surface area (Å²) in [5.74, 6) is 0.608. The minimum absolute atomic E-state index is 0.0463. The molecule has 0 spiro atoms. The molecule has 0 radical (unpaired) electrons. The van der Waals surface area contributed by atoms with E-state index in [1.807, 2.05) is 19.2 Å². The summed E-state index contributed by atoms with van der Waals surface area (Å²) in [6, 6.07) is 14.5. The number of hydrogen-bond donors (Lipinski definition) is 0. The molecule has 0 aliphatic carbocycles. The average molecular weight is 644 g/mol. The summed E-state index contributed by atoms with van der Waals surface area (Å²) in [6.07, 6.45) is 4.49. The molecule has 7 rings (SSSR count). The quantitative estimate of drug-likeness (QED) is 0.306. The number of anilines is 2. The fourth-order valence-corrected chi connectivity index (χ4v) is 8.45. The molecule has 11 heteroatoms. The van der Waals surface area contributed by atoms with Crippen LogP contribution in [0, 0.1) is 11.3 Å². The average Bonchev–Trinajstić information content (AvgIpc) is 3.74. The highest BCUT2D eigenvalue weighted by Crippen LogP contribution is 2.41. The minimum Gasteiger partial charge on any atom is -0.461 e. The van der Waals surface area contributed by atoms with Gasteiger partial charge in [0.2, 0.25) is 5.91 Å². The zero-order valence-corrected chi connectivity index (χ0v) is 26.9. The van der Waals surface area contributed by atoms with E-state index in [2.05, 4.69) is 51.6 Å². The Bertz CT molecular complexity index is 1710. The lowest BCUT2D eigenvalue weighted by Crippen LogP contribution is -2.44. The summed E-state index contributed by atoms with van der Waals surface area (Å²) >= 11 is 6.72. The number of rotatable bonds is 8. The third-order valence-electron chi connectivity index (χ3n) is 10.5. The van der Waals surface area contributed by atoms with E-state index in [0.29, 0.717) is 50.5 Å². The van der Waals surface area contributed by atoms with Crippen LogP contribution in [0.5, 0.6) is 6.01 Å². The second kappa shape index (κ2) is 12.3. The predicted octanol–water partition coefficient (Wildman–Crippen LogP) is 5.31. The normalized spacial score (nSPS) is 25.7. The number of amides is 1. The van der Waals surface area contributed by atoms with Gasteiger partial charge in [-0.25, -0.2) is 4.39 Å². The molecule has 0 N–H and O–H groups in total. The summed E-state index contributed by atoms with van der Waals surface area (Å²) in [5, 5.41) is 12.3. The molecule has 4 atom stereocenters. The van der Waals surface area contributed by atoms with E-state index in [0.717, 1.165) is 59.5 Å². The highest BCUT2D eigenvalue weighted by Gasteiger charge is 2.49. The van der Waals surface area contributed by atoms with Gasteiger partial charge < -0.3 is 19.4 Å². The van der Waals surface area contributed by atoms with Gasteiger partial charge in [0, 0.05) is 61.8 Å². The Hall–Kier alpha value is -3.94. The van der Waals surface area contributed by atoms with Crippen molar-refractivity contribution in [2.24, 2.45) is 0 Å². The van der Waals surface area contributed by atoms with Crippen LogP contribution in [-0.4, -0.2) is 89.3 Å².